The Kier molecular flexibility index (Phi) is 3.29. The average molecular weight is 170 g/mol. The van der Waals surface area contributed by atoms with Crippen molar-refractivity contribution in [3.05, 3.63) is 12.2 Å². The molecule has 2 N–H and O–H groups in total. The molecule has 0 aromatic rings. The molecule has 12 heavy (non-hydrogen) atoms. The second-order valence-corrected chi connectivity index (χ2v) is 3.21. The average Bonchev–Trinajstić information content (AvgIpc) is 2.05. The number of hydrogen-bond donors (Lipinski definition) is 2. The minimum Gasteiger partial charge on any atom is -0.481 e. The van der Waals surface area contributed by atoms with Gasteiger partial charge in [0.2, 0.25) is 0 Å². The molecule has 0 aliphatic heterocycles. The van der Waals surface area contributed by atoms with Crippen molar-refractivity contribution in [3.8, 4) is 0 Å². The Morgan fingerprint density at radius 3 is 2.83 bits per heavy atom. The first-order chi connectivity index (χ1) is 5.70. The molecule has 0 saturated carbocycles. The molecule has 0 aromatic heterocycles. The summed E-state index contributed by atoms with van der Waals surface area (Å²) in [6.45, 7) is 0. The molecule has 1 aliphatic carbocycles. The van der Waals surface area contributed by atoms with E-state index >= 15 is 0 Å². The second-order valence-electron chi connectivity index (χ2n) is 3.21. The lowest BCUT2D eigenvalue weighted by atomic mass is 9.88. The smallest absolute Gasteiger partial charge is 0.305 e. The van der Waals surface area contributed by atoms with Crippen LogP contribution in [-0.2, 0) is 4.79 Å². The third-order valence-electron chi connectivity index (χ3n) is 2.24. The fraction of sp³-hybridized carbons (Fsp3) is 0.667. The Balaban J connectivity index is 2.35. The summed E-state index contributed by atoms with van der Waals surface area (Å²) >= 11 is 0. The molecule has 3 nitrogen and oxygen atoms in total. The monoisotopic (exact) mass is 170 g/mol. The predicted octanol–water partition coefficient (Wildman–Crippen LogP) is 1.18. The van der Waals surface area contributed by atoms with Gasteiger partial charge in [-0.05, 0) is 25.2 Å². The molecule has 1 rings (SSSR count). The predicted molar refractivity (Wildman–Crippen MR) is 44.7 cm³/mol. The number of aliphatic carboxylic acids is 1. The van der Waals surface area contributed by atoms with Crippen LogP contribution in [0.25, 0.3) is 0 Å². The molecule has 0 spiro atoms. The van der Waals surface area contributed by atoms with Crippen molar-refractivity contribution in [2.45, 2.75) is 31.8 Å². The van der Waals surface area contributed by atoms with Crippen LogP contribution in [0.15, 0.2) is 12.2 Å². The zero-order chi connectivity index (χ0) is 8.97. The van der Waals surface area contributed by atoms with Gasteiger partial charge in [-0.2, -0.15) is 0 Å². The molecule has 2 unspecified atom stereocenters. The van der Waals surface area contributed by atoms with Crippen LogP contribution in [-0.4, -0.2) is 22.3 Å². The van der Waals surface area contributed by atoms with E-state index in [1.807, 2.05) is 6.08 Å². The standard InChI is InChI=1S/C9H14O3/c10-8(6-9(11)12)7-4-2-1-3-5-7/h1-2,7-8,10H,3-6H2,(H,11,12). The SMILES string of the molecule is O=C(O)CC(O)C1CC=CCC1. The molecule has 1 aliphatic rings. The van der Waals surface area contributed by atoms with Gasteiger partial charge in [-0.25, -0.2) is 0 Å². The molecule has 0 aromatic carbocycles. The lowest BCUT2D eigenvalue weighted by molar-refractivity contribution is -0.140. The summed E-state index contributed by atoms with van der Waals surface area (Å²) < 4.78 is 0. The third-order valence-corrected chi connectivity index (χ3v) is 2.24. The number of aliphatic hydroxyl groups excluding tert-OH is 1. The van der Waals surface area contributed by atoms with Gasteiger partial charge in [-0.15, -0.1) is 0 Å². The second kappa shape index (κ2) is 4.26. The topological polar surface area (TPSA) is 57.5 Å². The number of allylic oxidation sites excluding steroid dienone is 2. The van der Waals surface area contributed by atoms with Gasteiger partial charge in [-0.3, -0.25) is 4.79 Å². The summed E-state index contributed by atoms with van der Waals surface area (Å²) in [5.74, 6) is -0.775. The summed E-state index contributed by atoms with van der Waals surface area (Å²) in [7, 11) is 0. The first-order valence-corrected chi connectivity index (χ1v) is 4.25. The Morgan fingerprint density at radius 1 is 1.58 bits per heavy atom. The molecule has 68 valence electrons. The molecule has 3 heteroatoms. The van der Waals surface area contributed by atoms with Crippen molar-refractivity contribution >= 4 is 5.97 Å². The highest BCUT2D eigenvalue weighted by molar-refractivity contribution is 5.67. The van der Waals surface area contributed by atoms with Crippen LogP contribution < -0.4 is 0 Å². The van der Waals surface area contributed by atoms with E-state index in [4.69, 9.17) is 5.11 Å². The molecule has 0 radical (unpaired) electrons. The first-order valence-electron chi connectivity index (χ1n) is 4.25. The quantitative estimate of drug-likeness (QED) is 0.625. The Morgan fingerprint density at radius 2 is 2.33 bits per heavy atom. The van der Waals surface area contributed by atoms with E-state index in [-0.39, 0.29) is 12.3 Å². The molecular weight excluding hydrogens is 156 g/mol. The molecule has 0 fully saturated rings. The lowest BCUT2D eigenvalue weighted by Gasteiger charge is -2.22. The van der Waals surface area contributed by atoms with Crippen molar-refractivity contribution in [1.29, 1.82) is 0 Å². The van der Waals surface area contributed by atoms with E-state index in [9.17, 15) is 9.90 Å². The lowest BCUT2D eigenvalue weighted by Crippen LogP contribution is -2.24. The molecule has 2 atom stereocenters. The van der Waals surface area contributed by atoms with E-state index in [0.717, 1.165) is 19.3 Å². The van der Waals surface area contributed by atoms with Crippen molar-refractivity contribution in [3.63, 3.8) is 0 Å². The van der Waals surface area contributed by atoms with Gasteiger partial charge in [0.1, 0.15) is 0 Å². The highest BCUT2D eigenvalue weighted by Gasteiger charge is 2.21. The number of carboxylic acids is 1. The van der Waals surface area contributed by atoms with Gasteiger partial charge < -0.3 is 10.2 Å². The van der Waals surface area contributed by atoms with Crippen molar-refractivity contribution < 1.29 is 15.0 Å². The number of carbonyl (C=O) groups is 1. The fourth-order valence-corrected chi connectivity index (χ4v) is 1.51. The van der Waals surface area contributed by atoms with E-state index in [2.05, 4.69) is 6.08 Å². The fourth-order valence-electron chi connectivity index (χ4n) is 1.51. The summed E-state index contributed by atoms with van der Waals surface area (Å²) in [4.78, 5) is 10.3. The Hall–Kier alpha value is -0.830. The normalized spacial score (nSPS) is 25.2. The van der Waals surface area contributed by atoms with E-state index < -0.39 is 12.1 Å². The zero-order valence-electron chi connectivity index (χ0n) is 6.94. The Bertz CT molecular complexity index is 186. The number of rotatable bonds is 3. The van der Waals surface area contributed by atoms with Gasteiger partial charge in [0.05, 0.1) is 12.5 Å². The summed E-state index contributed by atoms with van der Waals surface area (Å²) in [5.41, 5.74) is 0. The van der Waals surface area contributed by atoms with Crippen molar-refractivity contribution in [2.75, 3.05) is 0 Å². The van der Waals surface area contributed by atoms with Gasteiger partial charge in [0, 0.05) is 0 Å². The summed E-state index contributed by atoms with van der Waals surface area (Å²) in [5, 5.41) is 17.9. The van der Waals surface area contributed by atoms with Crippen LogP contribution in [0.3, 0.4) is 0 Å². The van der Waals surface area contributed by atoms with Crippen LogP contribution in [0, 0.1) is 5.92 Å². The van der Waals surface area contributed by atoms with Crippen LogP contribution >= 0.6 is 0 Å². The van der Waals surface area contributed by atoms with Crippen LogP contribution in [0.5, 0.6) is 0 Å². The highest BCUT2D eigenvalue weighted by Crippen LogP contribution is 2.23. The van der Waals surface area contributed by atoms with Crippen LogP contribution in [0.4, 0.5) is 0 Å². The maximum Gasteiger partial charge on any atom is 0.305 e. The van der Waals surface area contributed by atoms with Crippen LogP contribution in [0.2, 0.25) is 0 Å². The van der Waals surface area contributed by atoms with Gasteiger partial charge in [0.25, 0.3) is 0 Å². The summed E-state index contributed by atoms with van der Waals surface area (Å²) in [6.07, 6.45) is 5.97. The Labute approximate surface area is 71.7 Å². The van der Waals surface area contributed by atoms with Gasteiger partial charge in [-0.1, -0.05) is 12.2 Å². The van der Waals surface area contributed by atoms with E-state index in [1.165, 1.54) is 0 Å². The van der Waals surface area contributed by atoms with E-state index in [1.54, 1.807) is 0 Å². The molecular formula is C9H14O3. The minimum absolute atomic E-state index is 0.126. The largest absolute Gasteiger partial charge is 0.481 e. The third kappa shape index (κ3) is 2.66. The van der Waals surface area contributed by atoms with Crippen molar-refractivity contribution in [1.82, 2.24) is 0 Å². The van der Waals surface area contributed by atoms with Gasteiger partial charge >= 0.3 is 5.97 Å². The molecule has 0 heterocycles. The maximum atomic E-state index is 10.3. The van der Waals surface area contributed by atoms with Gasteiger partial charge in [0.15, 0.2) is 0 Å². The zero-order valence-corrected chi connectivity index (χ0v) is 6.94. The summed E-state index contributed by atoms with van der Waals surface area (Å²) in [6, 6.07) is 0. The molecule has 0 bridgehead atoms. The first kappa shape index (κ1) is 9.26. The van der Waals surface area contributed by atoms with Crippen LogP contribution in [0.1, 0.15) is 25.7 Å². The van der Waals surface area contributed by atoms with Crippen molar-refractivity contribution in [2.24, 2.45) is 5.92 Å². The number of carboxylic acid groups (broad SMARTS) is 1. The highest BCUT2D eigenvalue weighted by atomic mass is 16.4. The minimum atomic E-state index is -0.919. The molecule has 0 amide bonds. The van der Waals surface area contributed by atoms with E-state index in [0.29, 0.717) is 0 Å². The molecule has 0 saturated heterocycles. The number of hydrogen-bond acceptors (Lipinski definition) is 2. The maximum absolute atomic E-state index is 10.3. The number of aliphatic hydroxyl groups is 1.